The van der Waals surface area contributed by atoms with Gasteiger partial charge >= 0.3 is 0 Å². The molecule has 25 heavy (non-hydrogen) atoms. The van der Waals surface area contributed by atoms with Gasteiger partial charge in [-0.2, -0.15) is 0 Å². The molecule has 2 N–H and O–H groups in total. The molecule has 1 heterocycles. The van der Waals surface area contributed by atoms with Crippen LogP contribution < -0.4 is 19.9 Å². The van der Waals surface area contributed by atoms with E-state index in [1.54, 1.807) is 18.2 Å². The van der Waals surface area contributed by atoms with Gasteiger partial charge in [0.2, 0.25) is 5.88 Å². The first-order valence-corrected chi connectivity index (χ1v) is 9.02. The van der Waals surface area contributed by atoms with Crippen LogP contribution in [0.15, 0.2) is 35.9 Å². The Labute approximate surface area is 147 Å². The molecule has 0 amide bonds. The Hall–Kier alpha value is -2.74. The number of sulfone groups is 1. The maximum atomic E-state index is 12.4. The van der Waals surface area contributed by atoms with Crippen LogP contribution in [-0.4, -0.2) is 34.7 Å². The molecule has 0 unspecified atom stereocenters. The number of hydrogen-bond donors (Lipinski definition) is 1. The van der Waals surface area contributed by atoms with Gasteiger partial charge in [-0.25, -0.2) is 13.4 Å². The number of rotatable bonds is 7. The number of pyridine rings is 1. The standard InChI is InChI=1S/C17H20N2O5S/c1-22-15-5-4-6-16(23-2)13(15)7-8-25(20,21)11-12-9-14(18)17(24-3)19-10-12/h4-10H,11,18H2,1-3H3/b8-7+. The van der Waals surface area contributed by atoms with Gasteiger partial charge in [0.15, 0.2) is 9.84 Å². The van der Waals surface area contributed by atoms with Gasteiger partial charge in [0.25, 0.3) is 0 Å². The number of nitrogens with zero attached hydrogens (tertiary/aromatic N) is 1. The quantitative estimate of drug-likeness (QED) is 0.804. The SMILES string of the molecule is COc1cccc(OC)c1/C=C/S(=O)(=O)Cc1cnc(OC)c(N)c1. The Bertz CT molecular complexity index is 856. The predicted molar refractivity (Wildman–Crippen MR) is 96.4 cm³/mol. The Morgan fingerprint density at radius 3 is 2.28 bits per heavy atom. The minimum absolute atomic E-state index is 0.234. The summed E-state index contributed by atoms with van der Waals surface area (Å²) in [5.41, 5.74) is 7.05. The number of aromatic nitrogens is 1. The molecule has 0 aliphatic heterocycles. The zero-order valence-corrected chi connectivity index (χ0v) is 15.0. The summed E-state index contributed by atoms with van der Waals surface area (Å²) in [6.07, 6.45) is 2.87. The molecule has 2 rings (SSSR count). The van der Waals surface area contributed by atoms with E-state index in [0.29, 0.717) is 22.6 Å². The molecule has 2 aromatic rings. The van der Waals surface area contributed by atoms with Crippen LogP contribution >= 0.6 is 0 Å². The molecule has 8 heteroatoms. The predicted octanol–water partition coefficient (Wildman–Crippen LogP) is 2.28. The second kappa shape index (κ2) is 7.89. The van der Waals surface area contributed by atoms with E-state index in [9.17, 15) is 8.42 Å². The summed E-state index contributed by atoms with van der Waals surface area (Å²) in [4.78, 5) is 3.98. The van der Waals surface area contributed by atoms with E-state index in [1.807, 2.05) is 0 Å². The second-order valence-electron chi connectivity index (χ2n) is 5.13. The summed E-state index contributed by atoms with van der Waals surface area (Å²) in [6, 6.07) is 6.74. The molecule has 1 aromatic heterocycles. The van der Waals surface area contributed by atoms with Gasteiger partial charge in [-0.3, -0.25) is 0 Å². The molecule has 0 radical (unpaired) electrons. The van der Waals surface area contributed by atoms with Crippen LogP contribution in [0.3, 0.4) is 0 Å². The molecular weight excluding hydrogens is 344 g/mol. The van der Waals surface area contributed by atoms with Gasteiger partial charge in [-0.1, -0.05) is 6.07 Å². The summed E-state index contributed by atoms with van der Waals surface area (Å²) in [7, 11) is 0.909. The first-order chi connectivity index (χ1) is 11.9. The van der Waals surface area contributed by atoms with Gasteiger partial charge in [-0.05, 0) is 29.8 Å². The zero-order chi connectivity index (χ0) is 18.4. The summed E-state index contributed by atoms with van der Waals surface area (Å²) >= 11 is 0. The Kier molecular flexibility index (Phi) is 5.87. The highest BCUT2D eigenvalue weighted by atomic mass is 32.2. The number of nitrogens with two attached hydrogens (primary N) is 1. The fourth-order valence-electron chi connectivity index (χ4n) is 2.26. The molecule has 0 fully saturated rings. The van der Waals surface area contributed by atoms with Gasteiger partial charge in [0.05, 0.1) is 38.3 Å². The van der Waals surface area contributed by atoms with Crippen LogP contribution in [-0.2, 0) is 15.6 Å². The van der Waals surface area contributed by atoms with Crippen molar-refractivity contribution in [2.45, 2.75) is 5.75 Å². The lowest BCUT2D eigenvalue weighted by molar-refractivity contribution is 0.392. The maximum Gasteiger partial charge on any atom is 0.236 e. The Morgan fingerprint density at radius 1 is 1.12 bits per heavy atom. The van der Waals surface area contributed by atoms with Crippen molar-refractivity contribution in [3.63, 3.8) is 0 Å². The van der Waals surface area contributed by atoms with Gasteiger partial charge in [0, 0.05) is 11.6 Å². The average Bonchev–Trinajstić information content (AvgIpc) is 2.59. The molecule has 1 aromatic carbocycles. The molecule has 0 aliphatic carbocycles. The molecule has 0 aliphatic rings. The topological polar surface area (TPSA) is 101 Å². The van der Waals surface area contributed by atoms with E-state index < -0.39 is 9.84 Å². The molecule has 0 saturated heterocycles. The molecule has 0 spiro atoms. The van der Waals surface area contributed by atoms with Crippen molar-refractivity contribution in [3.8, 4) is 17.4 Å². The van der Waals surface area contributed by atoms with Crippen molar-refractivity contribution in [2.24, 2.45) is 0 Å². The third-order valence-electron chi connectivity index (χ3n) is 3.40. The Morgan fingerprint density at radius 2 is 1.76 bits per heavy atom. The lowest BCUT2D eigenvalue weighted by Crippen LogP contribution is -2.03. The average molecular weight is 364 g/mol. The smallest absolute Gasteiger partial charge is 0.236 e. The molecule has 0 atom stereocenters. The maximum absolute atomic E-state index is 12.4. The van der Waals surface area contributed by atoms with Crippen molar-refractivity contribution >= 4 is 21.6 Å². The number of hydrogen-bond acceptors (Lipinski definition) is 7. The van der Waals surface area contributed by atoms with Gasteiger partial charge in [0.1, 0.15) is 11.5 Å². The van der Waals surface area contributed by atoms with Crippen molar-refractivity contribution in [1.82, 2.24) is 4.98 Å². The third-order valence-corrected chi connectivity index (χ3v) is 4.69. The highest BCUT2D eigenvalue weighted by Gasteiger charge is 2.13. The van der Waals surface area contributed by atoms with Gasteiger partial charge in [-0.15, -0.1) is 0 Å². The van der Waals surface area contributed by atoms with Crippen LogP contribution in [0.1, 0.15) is 11.1 Å². The van der Waals surface area contributed by atoms with Crippen LogP contribution in [0.4, 0.5) is 5.69 Å². The number of anilines is 1. The Balaban J connectivity index is 2.27. The third kappa shape index (κ3) is 4.63. The van der Waals surface area contributed by atoms with Crippen LogP contribution in [0.5, 0.6) is 17.4 Å². The fraction of sp³-hybridized carbons (Fsp3) is 0.235. The highest BCUT2D eigenvalue weighted by Crippen LogP contribution is 2.30. The van der Waals surface area contributed by atoms with Gasteiger partial charge < -0.3 is 19.9 Å². The number of nitrogen functional groups attached to an aromatic ring is 1. The van der Waals surface area contributed by atoms with E-state index in [4.69, 9.17) is 19.9 Å². The molecule has 134 valence electrons. The van der Waals surface area contributed by atoms with E-state index >= 15 is 0 Å². The van der Waals surface area contributed by atoms with Crippen LogP contribution in [0.25, 0.3) is 6.08 Å². The van der Waals surface area contributed by atoms with Crippen molar-refractivity contribution in [3.05, 3.63) is 47.0 Å². The molecule has 0 saturated carbocycles. The summed E-state index contributed by atoms with van der Waals surface area (Å²) < 4.78 is 40.2. The number of methoxy groups -OCH3 is 3. The number of benzene rings is 1. The lowest BCUT2D eigenvalue weighted by atomic mass is 10.2. The monoisotopic (exact) mass is 364 g/mol. The van der Waals surface area contributed by atoms with Crippen molar-refractivity contribution in [1.29, 1.82) is 0 Å². The molecule has 7 nitrogen and oxygen atoms in total. The van der Waals surface area contributed by atoms with E-state index in [2.05, 4.69) is 4.98 Å². The fourth-order valence-corrected chi connectivity index (χ4v) is 3.32. The number of ether oxygens (including phenoxy) is 3. The van der Waals surface area contributed by atoms with Crippen molar-refractivity contribution in [2.75, 3.05) is 27.1 Å². The van der Waals surface area contributed by atoms with Crippen molar-refractivity contribution < 1.29 is 22.6 Å². The minimum Gasteiger partial charge on any atom is -0.496 e. The van der Waals surface area contributed by atoms with Crippen LogP contribution in [0, 0.1) is 0 Å². The summed E-state index contributed by atoms with van der Waals surface area (Å²) in [6.45, 7) is 0. The van der Waals surface area contributed by atoms with Crippen LogP contribution in [0.2, 0.25) is 0 Å². The summed E-state index contributed by atoms with van der Waals surface area (Å²) in [5, 5.41) is 1.12. The first kappa shape index (κ1) is 18.6. The van der Waals surface area contributed by atoms with E-state index in [-0.39, 0.29) is 17.3 Å². The highest BCUT2D eigenvalue weighted by molar-refractivity contribution is 7.93. The zero-order valence-electron chi connectivity index (χ0n) is 14.2. The van der Waals surface area contributed by atoms with E-state index in [0.717, 1.165) is 5.41 Å². The van der Waals surface area contributed by atoms with E-state index in [1.165, 1.54) is 39.7 Å². The molecule has 0 bridgehead atoms. The second-order valence-corrected chi connectivity index (χ2v) is 7.01. The minimum atomic E-state index is -3.55. The normalized spacial score (nSPS) is 11.5. The first-order valence-electron chi connectivity index (χ1n) is 7.30. The summed E-state index contributed by atoms with van der Waals surface area (Å²) in [5.74, 6) is 1.06. The lowest BCUT2D eigenvalue weighted by Gasteiger charge is -2.09. The largest absolute Gasteiger partial charge is 0.496 e. The molecular formula is C17H20N2O5S.